The quantitative estimate of drug-likeness (QED) is 0.798. The highest BCUT2D eigenvalue weighted by Crippen LogP contribution is 2.14. The SMILES string of the molecule is Cc1ccc(C#CCO)c(C(=O)N(CCO)CC(F)F)c1. The second-order valence-electron chi connectivity index (χ2n) is 4.37. The fourth-order valence-electron chi connectivity index (χ4n) is 1.81. The van der Waals surface area contributed by atoms with Crippen LogP contribution in [0.4, 0.5) is 8.78 Å². The predicted molar refractivity (Wildman–Crippen MR) is 74.1 cm³/mol. The molecule has 0 aliphatic rings. The second-order valence-corrected chi connectivity index (χ2v) is 4.37. The van der Waals surface area contributed by atoms with Crippen molar-refractivity contribution in [3.8, 4) is 11.8 Å². The highest BCUT2D eigenvalue weighted by atomic mass is 19.3. The standard InChI is InChI=1S/C15H17F2NO3/c1-11-4-5-12(3-2-7-19)13(9-11)15(21)18(6-8-20)10-14(16)17/h4-5,9,14,19-20H,6-8,10H2,1H3. The Bertz CT molecular complexity index is 550. The fraction of sp³-hybridized carbons (Fsp3) is 0.400. The Labute approximate surface area is 122 Å². The minimum atomic E-state index is -2.68. The average Bonchev–Trinajstić information content (AvgIpc) is 2.44. The van der Waals surface area contributed by atoms with Gasteiger partial charge in [-0.05, 0) is 19.1 Å². The number of alkyl halides is 2. The summed E-state index contributed by atoms with van der Waals surface area (Å²) in [5, 5.41) is 17.6. The van der Waals surface area contributed by atoms with E-state index in [4.69, 9.17) is 10.2 Å². The summed E-state index contributed by atoms with van der Waals surface area (Å²) in [7, 11) is 0. The van der Waals surface area contributed by atoms with Crippen LogP contribution in [0.25, 0.3) is 0 Å². The first-order valence-corrected chi connectivity index (χ1v) is 6.38. The summed E-state index contributed by atoms with van der Waals surface area (Å²) in [5.41, 5.74) is 1.33. The number of benzene rings is 1. The van der Waals surface area contributed by atoms with Crippen LogP contribution in [-0.4, -0.2) is 53.7 Å². The smallest absolute Gasteiger partial charge is 0.255 e. The van der Waals surface area contributed by atoms with E-state index < -0.39 is 25.5 Å². The Morgan fingerprint density at radius 1 is 1.38 bits per heavy atom. The van der Waals surface area contributed by atoms with Crippen molar-refractivity contribution in [1.29, 1.82) is 0 Å². The van der Waals surface area contributed by atoms with E-state index in [0.717, 1.165) is 10.5 Å². The topological polar surface area (TPSA) is 60.8 Å². The monoisotopic (exact) mass is 297 g/mol. The Hall–Kier alpha value is -1.97. The Kier molecular flexibility index (Phi) is 6.79. The van der Waals surface area contributed by atoms with Gasteiger partial charge < -0.3 is 15.1 Å². The van der Waals surface area contributed by atoms with E-state index in [1.807, 2.05) is 0 Å². The molecule has 0 aromatic heterocycles. The molecule has 0 heterocycles. The first-order chi connectivity index (χ1) is 9.99. The molecule has 1 aromatic carbocycles. The zero-order valence-electron chi connectivity index (χ0n) is 11.6. The molecule has 0 spiro atoms. The summed E-state index contributed by atoms with van der Waals surface area (Å²) in [6.07, 6.45) is -2.68. The number of nitrogens with zero attached hydrogens (tertiary/aromatic N) is 1. The van der Waals surface area contributed by atoms with Gasteiger partial charge in [0.2, 0.25) is 0 Å². The number of hydrogen-bond acceptors (Lipinski definition) is 3. The Balaban J connectivity index is 3.15. The number of rotatable bonds is 5. The molecule has 0 unspecified atom stereocenters. The molecule has 21 heavy (non-hydrogen) atoms. The third-order valence-electron chi connectivity index (χ3n) is 2.72. The summed E-state index contributed by atoms with van der Waals surface area (Å²) in [5.74, 6) is 4.44. The third kappa shape index (κ3) is 5.14. The Morgan fingerprint density at radius 2 is 2.10 bits per heavy atom. The molecule has 0 saturated carbocycles. The van der Waals surface area contributed by atoms with Gasteiger partial charge in [-0.3, -0.25) is 4.79 Å². The third-order valence-corrected chi connectivity index (χ3v) is 2.72. The van der Waals surface area contributed by atoms with Crippen LogP contribution in [0.2, 0.25) is 0 Å². The first-order valence-electron chi connectivity index (χ1n) is 6.38. The van der Waals surface area contributed by atoms with Crippen LogP contribution in [0, 0.1) is 18.8 Å². The summed E-state index contributed by atoms with van der Waals surface area (Å²) in [6.45, 7) is 0.0779. The lowest BCUT2D eigenvalue weighted by Gasteiger charge is -2.22. The minimum absolute atomic E-state index is 0.177. The van der Waals surface area contributed by atoms with Crippen LogP contribution in [0.5, 0.6) is 0 Å². The van der Waals surface area contributed by atoms with Crippen LogP contribution in [0.1, 0.15) is 21.5 Å². The van der Waals surface area contributed by atoms with Gasteiger partial charge in [0, 0.05) is 12.1 Å². The van der Waals surface area contributed by atoms with Crippen molar-refractivity contribution in [3.63, 3.8) is 0 Å². The van der Waals surface area contributed by atoms with Crippen LogP contribution < -0.4 is 0 Å². The number of amides is 1. The van der Waals surface area contributed by atoms with Gasteiger partial charge in [0.05, 0.1) is 18.7 Å². The molecule has 1 aromatic rings. The van der Waals surface area contributed by atoms with Crippen molar-refractivity contribution in [2.24, 2.45) is 0 Å². The molecule has 2 N–H and O–H groups in total. The fourth-order valence-corrected chi connectivity index (χ4v) is 1.81. The largest absolute Gasteiger partial charge is 0.395 e. The van der Waals surface area contributed by atoms with E-state index in [9.17, 15) is 13.6 Å². The Morgan fingerprint density at radius 3 is 2.67 bits per heavy atom. The number of hydrogen-bond donors (Lipinski definition) is 2. The van der Waals surface area contributed by atoms with Gasteiger partial charge in [0.1, 0.15) is 6.61 Å². The van der Waals surface area contributed by atoms with Gasteiger partial charge in [0.25, 0.3) is 12.3 Å². The molecule has 0 fully saturated rings. The normalized spacial score (nSPS) is 10.2. The number of aryl methyl sites for hydroxylation is 1. The minimum Gasteiger partial charge on any atom is -0.395 e. The second kappa shape index (κ2) is 8.35. The summed E-state index contributed by atoms with van der Waals surface area (Å²) in [6, 6.07) is 4.89. The molecule has 0 aliphatic heterocycles. The number of aliphatic hydroxyl groups excluding tert-OH is 2. The van der Waals surface area contributed by atoms with E-state index >= 15 is 0 Å². The molecule has 6 heteroatoms. The van der Waals surface area contributed by atoms with Crippen LogP contribution in [-0.2, 0) is 0 Å². The number of carbonyl (C=O) groups excluding carboxylic acids is 1. The van der Waals surface area contributed by atoms with Gasteiger partial charge in [-0.1, -0.05) is 23.5 Å². The average molecular weight is 297 g/mol. The summed E-state index contributed by atoms with van der Waals surface area (Å²) >= 11 is 0. The van der Waals surface area contributed by atoms with Crippen molar-refractivity contribution >= 4 is 5.91 Å². The van der Waals surface area contributed by atoms with Gasteiger partial charge in [-0.2, -0.15) is 0 Å². The van der Waals surface area contributed by atoms with E-state index in [1.165, 1.54) is 0 Å². The molecule has 1 rings (SSSR count). The molecular formula is C15H17F2NO3. The molecule has 0 bridgehead atoms. The zero-order chi connectivity index (χ0) is 15.8. The van der Waals surface area contributed by atoms with Crippen molar-refractivity contribution in [1.82, 2.24) is 4.90 Å². The number of aliphatic hydroxyl groups is 2. The first kappa shape index (κ1) is 17.1. The maximum Gasteiger partial charge on any atom is 0.255 e. The van der Waals surface area contributed by atoms with Gasteiger partial charge in [-0.15, -0.1) is 0 Å². The molecule has 114 valence electrons. The maximum absolute atomic E-state index is 12.5. The molecule has 0 radical (unpaired) electrons. The molecular weight excluding hydrogens is 280 g/mol. The van der Waals surface area contributed by atoms with E-state index in [0.29, 0.717) is 5.56 Å². The van der Waals surface area contributed by atoms with Crippen molar-refractivity contribution in [3.05, 3.63) is 34.9 Å². The summed E-state index contributed by atoms with van der Waals surface area (Å²) < 4.78 is 25.1. The molecule has 0 aliphatic carbocycles. The summed E-state index contributed by atoms with van der Waals surface area (Å²) in [4.78, 5) is 13.3. The lowest BCUT2D eigenvalue weighted by atomic mass is 10.0. The molecule has 0 atom stereocenters. The van der Waals surface area contributed by atoms with Crippen molar-refractivity contribution in [2.45, 2.75) is 13.3 Å². The lowest BCUT2D eigenvalue weighted by molar-refractivity contribution is 0.0509. The van der Waals surface area contributed by atoms with E-state index in [1.54, 1.807) is 25.1 Å². The molecule has 1 amide bonds. The van der Waals surface area contributed by atoms with Crippen LogP contribution in [0.3, 0.4) is 0 Å². The lowest BCUT2D eigenvalue weighted by Crippen LogP contribution is -2.37. The zero-order valence-corrected chi connectivity index (χ0v) is 11.6. The number of halogens is 2. The highest BCUT2D eigenvalue weighted by molar-refractivity contribution is 5.97. The van der Waals surface area contributed by atoms with Gasteiger partial charge in [0.15, 0.2) is 0 Å². The van der Waals surface area contributed by atoms with Crippen molar-refractivity contribution in [2.75, 3.05) is 26.3 Å². The van der Waals surface area contributed by atoms with E-state index in [-0.39, 0.29) is 18.7 Å². The molecule has 0 saturated heterocycles. The predicted octanol–water partition coefficient (Wildman–Crippen LogP) is 1.04. The van der Waals surface area contributed by atoms with Gasteiger partial charge >= 0.3 is 0 Å². The van der Waals surface area contributed by atoms with Crippen molar-refractivity contribution < 1.29 is 23.8 Å². The maximum atomic E-state index is 12.5. The number of carbonyl (C=O) groups is 1. The highest BCUT2D eigenvalue weighted by Gasteiger charge is 2.21. The van der Waals surface area contributed by atoms with E-state index in [2.05, 4.69) is 11.8 Å². The van der Waals surface area contributed by atoms with Crippen LogP contribution in [0.15, 0.2) is 18.2 Å². The van der Waals surface area contributed by atoms with Gasteiger partial charge in [-0.25, -0.2) is 8.78 Å². The van der Waals surface area contributed by atoms with Crippen LogP contribution >= 0.6 is 0 Å². The molecule has 4 nitrogen and oxygen atoms in total.